The average Bonchev–Trinajstić information content (AvgIpc) is 2.26. The molecule has 72 valence electrons. The van der Waals surface area contributed by atoms with Gasteiger partial charge in [-0.3, -0.25) is 0 Å². The zero-order valence-corrected chi connectivity index (χ0v) is 9.17. The number of carbonyl (C=O) groups is 1. The largest absolute Gasteiger partial charge is 0.465 e. The van der Waals surface area contributed by atoms with Gasteiger partial charge in [-0.25, -0.2) is 9.64 Å². The summed E-state index contributed by atoms with van der Waals surface area (Å²) >= 11 is 3.26. The van der Waals surface area contributed by atoms with Crippen molar-refractivity contribution in [1.82, 2.24) is 0 Å². The lowest BCUT2D eigenvalue weighted by atomic mass is 10.1. The van der Waals surface area contributed by atoms with Crippen LogP contribution in [0.4, 0.5) is 5.69 Å². The topological polar surface area (TPSA) is 30.7 Å². The van der Waals surface area contributed by atoms with Crippen LogP contribution in [0.2, 0.25) is 0 Å². The Kier molecular flexibility index (Phi) is 3.66. The van der Waals surface area contributed by atoms with Crippen LogP contribution in [-0.2, 0) is 10.1 Å². The van der Waals surface area contributed by atoms with Crippen molar-refractivity contribution in [2.75, 3.05) is 7.11 Å². The van der Waals surface area contributed by atoms with E-state index >= 15 is 0 Å². The second-order valence-electron chi connectivity index (χ2n) is 2.58. The zero-order chi connectivity index (χ0) is 10.6. The summed E-state index contributed by atoms with van der Waals surface area (Å²) in [5.41, 5.74) is 1.81. The molecule has 0 saturated heterocycles. The van der Waals surface area contributed by atoms with Crippen molar-refractivity contribution in [2.45, 2.75) is 5.33 Å². The highest BCUT2D eigenvalue weighted by Crippen LogP contribution is 2.23. The molecular weight excluding hydrogens is 246 g/mol. The third-order valence-corrected chi connectivity index (χ3v) is 2.37. The van der Waals surface area contributed by atoms with Crippen LogP contribution in [0.15, 0.2) is 18.2 Å². The fourth-order valence-electron chi connectivity index (χ4n) is 1.05. The molecule has 1 aromatic rings. The van der Waals surface area contributed by atoms with Crippen molar-refractivity contribution in [3.05, 3.63) is 40.7 Å². The van der Waals surface area contributed by atoms with E-state index in [0.29, 0.717) is 16.6 Å². The number of hydrogen-bond acceptors (Lipinski definition) is 2. The second kappa shape index (κ2) is 4.77. The van der Waals surface area contributed by atoms with E-state index in [0.717, 1.165) is 5.56 Å². The van der Waals surface area contributed by atoms with Gasteiger partial charge in [0.2, 0.25) is 0 Å². The Morgan fingerprint density at radius 2 is 2.36 bits per heavy atom. The number of methoxy groups -OCH3 is 1. The minimum absolute atomic E-state index is 0.385. The SMILES string of the molecule is [C-]#[N+]c1ccc(C(=O)OC)cc1CBr. The van der Waals surface area contributed by atoms with Crippen LogP contribution in [-0.4, -0.2) is 13.1 Å². The summed E-state index contributed by atoms with van der Waals surface area (Å²) in [5, 5.41) is 0.551. The molecule has 0 amide bonds. The van der Waals surface area contributed by atoms with Crippen LogP contribution >= 0.6 is 15.9 Å². The van der Waals surface area contributed by atoms with Gasteiger partial charge in [0, 0.05) is 5.33 Å². The molecule has 0 N–H and O–H groups in total. The molecule has 0 heterocycles. The average molecular weight is 254 g/mol. The quantitative estimate of drug-likeness (QED) is 0.461. The molecule has 0 spiro atoms. The fraction of sp³-hybridized carbons (Fsp3) is 0.200. The molecule has 1 aromatic carbocycles. The van der Waals surface area contributed by atoms with Crippen molar-refractivity contribution in [3.63, 3.8) is 0 Å². The zero-order valence-electron chi connectivity index (χ0n) is 7.58. The molecule has 14 heavy (non-hydrogen) atoms. The van der Waals surface area contributed by atoms with Crippen LogP contribution in [0.1, 0.15) is 15.9 Å². The maximum absolute atomic E-state index is 11.2. The van der Waals surface area contributed by atoms with Gasteiger partial charge >= 0.3 is 5.97 Å². The molecule has 0 atom stereocenters. The molecule has 0 aromatic heterocycles. The van der Waals surface area contributed by atoms with Crippen molar-refractivity contribution in [1.29, 1.82) is 0 Å². The molecule has 0 radical (unpaired) electrons. The number of hydrogen-bond donors (Lipinski definition) is 0. The number of nitrogens with zero attached hydrogens (tertiary/aromatic N) is 1. The lowest BCUT2D eigenvalue weighted by Gasteiger charge is -2.03. The van der Waals surface area contributed by atoms with Crippen LogP contribution in [0.5, 0.6) is 0 Å². The number of benzene rings is 1. The Hall–Kier alpha value is -1.34. The number of esters is 1. The van der Waals surface area contributed by atoms with E-state index < -0.39 is 0 Å². The van der Waals surface area contributed by atoms with Gasteiger partial charge < -0.3 is 4.74 Å². The van der Waals surface area contributed by atoms with Crippen LogP contribution in [0, 0.1) is 6.57 Å². The van der Waals surface area contributed by atoms with Gasteiger partial charge in [0.05, 0.1) is 19.2 Å². The highest BCUT2D eigenvalue weighted by atomic mass is 79.9. The number of carbonyl (C=O) groups excluding carboxylic acids is 1. The molecule has 3 nitrogen and oxygen atoms in total. The minimum Gasteiger partial charge on any atom is -0.465 e. The Bertz CT molecular complexity index is 396. The van der Waals surface area contributed by atoms with Crippen molar-refractivity contribution in [3.8, 4) is 0 Å². The second-order valence-corrected chi connectivity index (χ2v) is 3.14. The van der Waals surface area contributed by atoms with E-state index in [1.54, 1.807) is 18.2 Å². The van der Waals surface area contributed by atoms with E-state index in [-0.39, 0.29) is 5.97 Å². The molecule has 4 heteroatoms. The first-order chi connectivity index (χ1) is 6.72. The predicted octanol–water partition coefficient (Wildman–Crippen LogP) is 2.92. The number of rotatable bonds is 2. The molecule has 0 fully saturated rings. The Labute approximate surface area is 90.6 Å². The van der Waals surface area contributed by atoms with E-state index in [1.807, 2.05) is 0 Å². The fourth-order valence-corrected chi connectivity index (χ4v) is 1.50. The molecule has 0 saturated carbocycles. The minimum atomic E-state index is -0.385. The lowest BCUT2D eigenvalue weighted by molar-refractivity contribution is 0.0600. The monoisotopic (exact) mass is 253 g/mol. The highest BCUT2D eigenvalue weighted by molar-refractivity contribution is 9.08. The van der Waals surface area contributed by atoms with E-state index in [2.05, 4.69) is 25.5 Å². The molecule has 1 rings (SSSR count). The van der Waals surface area contributed by atoms with Gasteiger partial charge in [-0.05, 0) is 5.56 Å². The molecule has 0 bridgehead atoms. The highest BCUT2D eigenvalue weighted by Gasteiger charge is 2.08. The standard InChI is InChI=1S/C10H8BrNO2/c1-12-9-4-3-7(10(13)14-2)5-8(9)6-11/h3-5H,6H2,2H3. The summed E-state index contributed by atoms with van der Waals surface area (Å²) in [5.74, 6) is -0.385. The third-order valence-electron chi connectivity index (χ3n) is 1.77. The van der Waals surface area contributed by atoms with Gasteiger partial charge in [-0.1, -0.05) is 34.1 Å². The summed E-state index contributed by atoms with van der Waals surface area (Å²) in [7, 11) is 1.33. The molecule has 0 aliphatic carbocycles. The Balaban J connectivity index is 3.15. The van der Waals surface area contributed by atoms with Crippen molar-refractivity contribution < 1.29 is 9.53 Å². The predicted molar refractivity (Wildman–Crippen MR) is 56.7 cm³/mol. The van der Waals surface area contributed by atoms with Crippen LogP contribution < -0.4 is 0 Å². The smallest absolute Gasteiger partial charge is 0.337 e. The molecule has 0 aliphatic heterocycles. The summed E-state index contributed by atoms with van der Waals surface area (Å²) in [6.45, 7) is 6.90. The number of halogens is 1. The lowest BCUT2D eigenvalue weighted by Crippen LogP contribution is -2.01. The van der Waals surface area contributed by atoms with Gasteiger partial charge in [-0.15, -0.1) is 0 Å². The van der Waals surface area contributed by atoms with E-state index in [1.165, 1.54) is 7.11 Å². The first kappa shape index (κ1) is 10.7. The summed E-state index contributed by atoms with van der Waals surface area (Å²) < 4.78 is 4.58. The molecule has 0 aliphatic rings. The summed E-state index contributed by atoms with van der Waals surface area (Å²) in [4.78, 5) is 14.5. The third kappa shape index (κ3) is 2.12. The van der Waals surface area contributed by atoms with Gasteiger partial charge in [0.1, 0.15) is 0 Å². The Morgan fingerprint density at radius 3 is 2.86 bits per heavy atom. The van der Waals surface area contributed by atoms with Crippen LogP contribution in [0.3, 0.4) is 0 Å². The maximum Gasteiger partial charge on any atom is 0.337 e. The summed E-state index contributed by atoms with van der Waals surface area (Å²) in [6, 6.07) is 4.87. The first-order valence-electron chi connectivity index (χ1n) is 3.87. The number of ether oxygens (including phenoxy) is 1. The van der Waals surface area contributed by atoms with E-state index in [4.69, 9.17) is 6.57 Å². The van der Waals surface area contributed by atoms with Crippen molar-refractivity contribution >= 4 is 27.6 Å². The van der Waals surface area contributed by atoms with Gasteiger partial charge in [0.15, 0.2) is 5.69 Å². The normalized spacial score (nSPS) is 9.21. The van der Waals surface area contributed by atoms with E-state index in [9.17, 15) is 4.79 Å². The summed E-state index contributed by atoms with van der Waals surface area (Å²) in [6.07, 6.45) is 0. The van der Waals surface area contributed by atoms with Crippen molar-refractivity contribution in [2.24, 2.45) is 0 Å². The first-order valence-corrected chi connectivity index (χ1v) is 4.99. The van der Waals surface area contributed by atoms with Gasteiger partial charge in [0.25, 0.3) is 0 Å². The van der Waals surface area contributed by atoms with Crippen LogP contribution in [0.25, 0.3) is 4.85 Å². The molecular formula is C10H8BrNO2. The maximum atomic E-state index is 11.2. The van der Waals surface area contributed by atoms with Gasteiger partial charge in [-0.2, -0.15) is 0 Å². The molecule has 0 unspecified atom stereocenters. The number of alkyl halides is 1. The Morgan fingerprint density at radius 1 is 1.64 bits per heavy atom.